The molecule has 1 fully saturated rings. The molecular weight excluding hydrogens is 421 g/mol. The quantitative estimate of drug-likeness (QED) is 0.445. The first-order valence-corrected chi connectivity index (χ1v) is 11.0. The van der Waals surface area contributed by atoms with Crippen LogP contribution < -0.4 is 0 Å². The second-order valence-electron chi connectivity index (χ2n) is 7.55. The van der Waals surface area contributed by atoms with Crippen molar-refractivity contribution < 1.29 is 38.1 Å². The summed E-state index contributed by atoms with van der Waals surface area (Å²) >= 11 is 1.40. The van der Waals surface area contributed by atoms with Gasteiger partial charge < -0.3 is 15.3 Å². The molecule has 2 rings (SSSR count). The van der Waals surface area contributed by atoms with E-state index in [0.717, 1.165) is 12.1 Å². The lowest BCUT2D eigenvalue weighted by Gasteiger charge is -2.20. The smallest absolute Gasteiger partial charge is 0.416 e. The van der Waals surface area contributed by atoms with Crippen LogP contribution in [-0.4, -0.2) is 50.8 Å². The number of unbranched alkanes of at least 4 members (excludes halogenated alkanes) is 2. The Morgan fingerprint density at radius 2 is 1.83 bits per heavy atom. The number of hydrogen-bond acceptors (Lipinski definition) is 5. The molecule has 1 aliphatic rings. The van der Waals surface area contributed by atoms with Gasteiger partial charge >= 0.3 is 12.1 Å². The molecule has 0 heterocycles. The van der Waals surface area contributed by atoms with Gasteiger partial charge in [-0.15, -0.1) is 0 Å². The molecule has 0 amide bonds. The van der Waals surface area contributed by atoms with Crippen molar-refractivity contribution in [2.75, 3.05) is 12.4 Å². The van der Waals surface area contributed by atoms with Crippen LogP contribution in [0.15, 0.2) is 24.3 Å². The molecule has 0 aliphatic heterocycles. The third-order valence-corrected chi connectivity index (χ3v) is 6.89. The summed E-state index contributed by atoms with van der Waals surface area (Å²) in [6, 6.07) is 4.21. The fourth-order valence-corrected chi connectivity index (χ4v) is 5.11. The molecule has 0 spiro atoms. The summed E-state index contributed by atoms with van der Waals surface area (Å²) in [5.74, 6) is -1.74. The number of aliphatic hydroxyl groups is 2. The molecule has 168 valence electrons. The van der Waals surface area contributed by atoms with E-state index in [9.17, 15) is 33.0 Å². The number of rotatable bonds is 11. The maximum Gasteiger partial charge on any atom is 0.416 e. The zero-order valence-corrected chi connectivity index (χ0v) is 17.3. The Hall–Kier alpha value is -1.58. The van der Waals surface area contributed by atoms with Crippen LogP contribution in [-0.2, 0) is 15.8 Å². The first-order chi connectivity index (χ1) is 14.1. The molecule has 3 N–H and O–H groups in total. The number of thioether (sulfide) groups is 1. The zero-order valence-electron chi connectivity index (χ0n) is 16.5. The van der Waals surface area contributed by atoms with Crippen molar-refractivity contribution in [1.82, 2.24) is 0 Å². The van der Waals surface area contributed by atoms with E-state index in [4.69, 9.17) is 5.11 Å². The van der Waals surface area contributed by atoms with Gasteiger partial charge in [0, 0.05) is 23.3 Å². The van der Waals surface area contributed by atoms with Gasteiger partial charge in [0.15, 0.2) is 0 Å². The Kier molecular flexibility index (Phi) is 9.18. The van der Waals surface area contributed by atoms with Crippen molar-refractivity contribution >= 4 is 23.5 Å². The van der Waals surface area contributed by atoms with E-state index in [-0.39, 0.29) is 30.0 Å². The van der Waals surface area contributed by atoms with Gasteiger partial charge in [0.1, 0.15) is 5.78 Å². The van der Waals surface area contributed by atoms with Gasteiger partial charge in [0.2, 0.25) is 0 Å². The summed E-state index contributed by atoms with van der Waals surface area (Å²) in [4.78, 5) is 23.7. The van der Waals surface area contributed by atoms with Gasteiger partial charge in [0.25, 0.3) is 0 Å². The van der Waals surface area contributed by atoms with Crippen molar-refractivity contribution in [2.45, 2.75) is 62.0 Å². The highest BCUT2D eigenvalue weighted by Gasteiger charge is 2.41. The first-order valence-electron chi connectivity index (χ1n) is 9.98. The van der Waals surface area contributed by atoms with Crippen LogP contribution in [0.3, 0.4) is 0 Å². The molecule has 5 nitrogen and oxygen atoms in total. The maximum absolute atomic E-state index is 12.7. The van der Waals surface area contributed by atoms with E-state index in [1.165, 1.54) is 23.9 Å². The van der Waals surface area contributed by atoms with Gasteiger partial charge in [-0.3, -0.25) is 9.59 Å². The van der Waals surface area contributed by atoms with E-state index in [1.807, 2.05) is 0 Å². The highest BCUT2D eigenvalue weighted by molar-refractivity contribution is 8.00. The summed E-state index contributed by atoms with van der Waals surface area (Å²) < 4.78 is 38.0. The highest BCUT2D eigenvalue weighted by atomic mass is 32.2. The fraction of sp³-hybridized carbons (Fsp3) is 0.619. The van der Waals surface area contributed by atoms with Crippen molar-refractivity contribution in [3.05, 3.63) is 35.4 Å². The van der Waals surface area contributed by atoms with E-state index < -0.39 is 29.7 Å². The minimum atomic E-state index is -4.46. The summed E-state index contributed by atoms with van der Waals surface area (Å²) in [6.45, 7) is -0.0185. The number of benzene rings is 1. The maximum atomic E-state index is 12.7. The van der Waals surface area contributed by atoms with Gasteiger partial charge in [-0.2, -0.15) is 24.9 Å². The monoisotopic (exact) mass is 448 g/mol. The summed E-state index contributed by atoms with van der Waals surface area (Å²) in [6.07, 6.45) is -2.20. The number of carboxylic acids is 1. The third kappa shape index (κ3) is 6.72. The number of hydrogen-bond donors (Lipinski definition) is 3. The van der Waals surface area contributed by atoms with Gasteiger partial charge in [-0.05, 0) is 30.5 Å². The number of aliphatic hydroxyl groups excluding tert-OH is 2. The standard InChI is InChI=1S/C21H27F3O5S/c22-21(23,24)14-8-6-13(7-9-14)15(20(28)29)4-2-1-3-5-16-17(26)12-18(27)19(16)30-11-10-25/h6-9,15-16,18-19,25,27H,1-5,10-12H2,(H,28,29)/t15?,16-,18?,19+/m0/s1. The lowest BCUT2D eigenvalue weighted by atomic mass is 9.91. The molecule has 1 aromatic carbocycles. The Morgan fingerprint density at radius 1 is 1.17 bits per heavy atom. The van der Waals surface area contributed by atoms with E-state index >= 15 is 0 Å². The number of aliphatic carboxylic acids is 1. The number of halogens is 3. The van der Waals surface area contributed by atoms with Gasteiger partial charge in [0.05, 0.1) is 24.2 Å². The summed E-state index contributed by atoms with van der Waals surface area (Å²) in [5.41, 5.74) is -0.475. The molecule has 4 atom stereocenters. The zero-order chi connectivity index (χ0) is 22.3. The number of carboxylic acid groups (broad SMARTS) is 1. The average molecular weight is 449 g/mol. The SMILES string of the molecule is O=C(O)C(CCCCC[C@H]1C(=O)CC(O)[C@@H]1SCCO)c1ccc(C(F)(F)F)cc1. The number of Topliss-reactive ketones (excluding diaryl/α,β-unsaturated/α-hetero) is 1. The third-order valence-electron chi connectivity index (χ3n) is 5.45. The number of alkyl halides is 3. The molecule has 30 heavy (non-hydrogen) atoms. The topological polar surface area (TPSA) is 94.8 Å². The average Bonchev–Trinajstić information content (AvgIpc) is 2.94. The molecule has 1 aliphatic carbocycles. The van der Waals surface area contributed by atoms with E-state index in [1.54, 1.807) is 0 Å². The molecule has 0 saturated heterocycles. The Bertz CT molecular complexity index is 708. The first kappa shape index (κ1) is 24.7. The Labute approximate surface area is 177 Å². The van der Waals surface area contributed by atoms with Crippen LogP contribution in [0.4, 0.5) is 13.2 Å². The molecule has 1 aromatic rings. The molecule has 0 bridgehead atoms. The fourth-order valence-electron chi connectivity index (χ4n) is 3.89. The highest BCUT2D eigenvalue weighted by Crippen LogP contribution is 2.36. The predicted molar refractivity (Wildman–Crippen MR) is 107 cm³/mol. The van der Waals surface area contributed by atoms with Crippen molar-refractivity contribution in [3.63, 3.8) is 0 Å². The predicted octanol–water partition coefficient (Wildman–Crippen LogP) is 3.87. The Morgan fingerprint density at radius 3 is 2.40 bits per heavy atom. The molecule has 0 aromatic heterocycles. The minimum absolute atomic E-state index is 0.0185. The number of ketones is 1. The van der Waals surface area contributed by atoms with Crippen molar-refractivity contribution in [1.29, 1.82) is 0 Å². The largest absolute Gasteiger partial charge is 0.481 e. The second kappa shape index (κ2) is 11.2. The minimum Gasteiger partial charge on any atom is -0.481 e. The van der Waals surface area contributed by atoms with Crippen LogP contribution in [0.25, 0.3) is 0 Å². The molecule has 1 saturated carbocycles. The van der Waals surface area contributed by atoms with E-state index in [0.29, 0.717) is 43.4 Å². The molecular formula is C21H27F3O5S. The van der Waals surface area contributed by atoms with Crippen LogP contribution >= 0.6 is 11.8 Å². The lowest BCUT2D eigenvalue weighted by Crippen LogP contribution is -2.24. The van der Waals surface area contributed by atoms with Crippen molar-refractivity contribution in [3.8, 4) is 0 Å². The van der Waals surface area contributed by atoms with Gasteiger partial charge in [-0.25, -0.2) is 0 Å². The molecule has 2 unspecified atom stereocenters. The number of carbonyl (C=O) groups is 2. The Balaban J connectivity index is 1.83. The molecule has 9 heteroatoms. The van der Waals surface area contributed by atoms with Crippen LogP contribution in [0.5, 0.6) is 0 Å². The normalized spacial score (nSPS) is 23.0. The van der Waals surface area contributed by atoms with Crippen molar-refractivity contribution in [2.24, 2.45) is 5.92 Å². The van der Waals surface area contributed by atoms with Crippen LogP contribution in [0.1, 0.15) is 55.6 Å². The number of carbonyl (C=O) groups excluding carboxylic acids is 1. The lowest BCUT2D eigenvalue weighted by molar-refractivity contribution is -0.139. The summed E-state index contributed by atoms with van der Waals surface area (Å²) in [5, 5.41) is 28.2. The van der Waals surface area contributed by atoms with Crippen LogP contribution in [0, 0.1) is 5.92 Å². The van der Waals surface area contributed by atoms with E-state index in [2.05, 4.69) is 0 Å². The summed E-state index contributed by atoms with van der Waals surface area (Å²) in [7, 11) is 0. The second-order valence-corrected chi connectivity index (χ2v) is 8.84. The van der Waals surface area contributed by atoms with Gasteiger partial charge in [-0.1, -0.05) is 31.4 Å². The van der Waals surface area contributed by atoms with Crippen LogP contribution in [0.2, 0.25) is 0 Å². The molecule has 0 radical (unpaired) electrons.